The second-order valence-electron chi connectivity index (χ2n) is 5.66. The molecule has 0 aromatic carbocycles. The second-order valence-corrected chi connectivity index (χ2v) is 5.66. The van der Waals surface area contributed by atoms with E-state index in [1.54, 1.807) is 0 Å². The van der Waals surface area contributed by atoms with Crippen molar-refractivity contribution in [1.82, 2.24) is 0 Å². The first-order valence-electron chi connectivity index (χ1n) is 6.62. The summed E-state index contributed by atoms with van der Waals surface area (Å²) in [6.45, 7) is 9.35. The molecule has 18 heavy (non-hydrogen) atoms. The van der Waals surface area contributed by atoms with Crippen molar-refractivity contribution in [3.8, 4) is 0 Å². The Hall–Kier alpha value is -0.670. The van der Waals surface area contributed by atoms with Crippen LogP contribution in [0.1, 0.15) is 32.6 Å². The lowest BCUT2D eigenvalue weighted by atomic mass is 9.85. The van der Waals surface area contributed by atoms with E-state index in [0.29, 0.717) is 13.0 Å². The highest BCUT2D eigenvalue weighted by Gasteiger charge is 2.58. The molecule has 5 heteroatoms. The maximum atomic E-state index is 9.65. The van der Waals surface area contributed by atoms with Crippen LogP contribution in [-0.2, 0) is 14.2 Å². The Bertz CT molecular complexity index is 368. The van der Waals surface area contributed by atoms with Crippen molar-refractivity contribution in [1.29, 1.82) is 0 Å². The van der Waals surface area contributed by atoms with E-state index < -0.39 is 6.29 Å². The van der Waals surface area contributed by atoms with Crippen LogP contribution in [0.2, 0.25) is 0 Å². The van der Waals surface area contributed by atoms with E-state index in [9.17, 15) is 5.11 Å². The van der Waals surface area contributed by atoms with Crippen LogP contribution in [0.4, 0.5) is 0 Å². The molecule has 3 rings (SSSR count). The Kier molecular flexibility index (Phi) is 3.07. The fraction of sp³-hybridized carbons (Fsp3) is 0.923. The molecule has 0 aliphatic carbocycles. The quantitative estimate of drug-likeness (QED) is 0.749. The van der Waals surface area contributed by atoms with Crippen LogP contribution < -0.4 is 0 Å². The fourth-order valence-electron chi connectivity index (χ4n) is 3.33. The first-order chi connectivity index (χ1) is 8.63. The number of hydrogen-bond acceptors (Lipinski definition) is 4. The van der Waals surface area contributed by atoms with Gasteiger partial charge in [0.25, 0.3) is 0 Å². The molecule has 2 bridgehead atoms. The van der Waals surface area contributed by atoms with Crippen molar-refractivity contribution in [2.24, 2.45) is 0 Å². The summed E-state index contributed by atoms with van der Waals surface area (Å²) in [6.07, 6.45) is 2.43. The summed E-state index contributed by atoms with van der Waals surface area (Å²) < 4.78 is 17.3. The van der Waals surface area contributed by atoms with Gasteiger partial charge in [-0.15, -0.1) is 0 Å². The van der Waals surface area contributed by atoms with E-state index in [0.717, 1.165) is 19.3 Å². The molecular weight excluding hydrogens is 234 g/mol. The van der Waals surface area contributed by atoms with Gasteiger partial charge >= 0.3 is 0 Å². The molecular formula is C13H19NO4. The summed E-state index contributed by atoms with van der Waals surface area (Å²) in [7, 11) is 0. The summed E-state index contributed by atoms with van der Waals surface area (Å²) in [5.41, 5.74) is -0.380. The first-order valence-corrected chi connectivity index (χ1v) is 6.62. The first kappa shape index (κ1) is 12.4. The number of aliphatic hydroxyl groups excluding tert-OH is 1. The number of nitrogens with zero attached hydrogens (tertiary/aromatic N) is 1. The van der Waals surface area contributed by atoms with Gasteiger partial charge in [-0.25, -0.2) is 6.57 Å². The standard InChI is InChI=1S/C13H19NO4/c1-8(14-2)5-9-3-4-11-13(18-9)6-10(17-11)12(15)16-7-13/h8-12,15H,3-7H2,1H3/t8-,9-,10-,11+,12?,13-/m1/s1. The number of rotatable bonds is 2. The molecule has 1 unspecified atom stereocenters. The van der Waals surface area contributed by atoms with Gasteiger partial charge in [-0.2, -0.15) is 0 Å². The molecule has 5 nitrogen and oxygen atoms in total. The van der Waals surface area contributed by atoms with Crippen LogP contribution in [0.5, 0.6) is 0 Å². The lowest BCUT2D eigenvalue weighted by Crippen LogP contribution is -2.54. The van der Waals surface area contributed by atoms with E-state index in [2.05, 4.69) is 4.85 Å². The SMILES string of the molecule is [C-]#[N+][C@H](C)C[C@H]1CC[C@@H]2O[C@@H]3C[C@]2(COC3O)O1. The van der Waals surface area contributed by atoms with Crippen molar-refractivity contribution in [2.45, 2.75) is 68.9 Å². The van der Waals surface area contributed by atoms with Gasteiger partial charge in [0.1, 0.15) is 11.7 Å². The van der Waals surface area contributed by atoms with E-state index in [4.69, 9.17) is 20.8 Å². The molecule has 1 spiro atoms. The van der Waals surface area contributed by atoms with Crippen molar-refractivity contribution in [2.75, 3.05) is 6.61 Å². The zero-order valence-corrected chi connectivity index (χ0v) is 10.5. The Labute approximate surface area is 107 Å². The summed E-state index contributed by atoms with van der Waals surface area (Å²) in [6, 6.07) is -0.00355. The van der Waals surface area contributed by atoms with Crippen molar-refractivity contribution >= 4 is 0 Å². The maximum absolute atomic E-state index is 9.65. The lowest BCUT2D eigenvalue weighted by molar-refractivity contribution is -0.223. The second kappa shape index (κ2) is 4.46. The molecule has 0 amide bonds. The normalized spacial score (nSPS) is 48.3. The van der Waals surface area contributed by atoms with Crippen LogP contribution >= 0.6 is 0 Å². The summed E-state index contributed by atoms with van der Waals surface area (Å²) in [4.78, 5) is 3.53. The van der Waals surface area contributed by atoms with E-state index in [1.165, 1.54) is 0 Å². The third kappa shape index (κ3) is 1.94. The molecule has 100 valence electrons. The highest BCUT2D eigenvalue weighted by atomic mass is 16.7. The number of ether oxygens (including phenoxy) is 3. The third-order valence-corrected chi connectivity index (χ3v) is 4.27. The molecule has 3 aliphatic rings. The molecule has 3 aliphatic heterocycles. The van der Waals surface area contributed by atoms with Gasteiger partial charge in [0.05, 0.1) is 18.8 Å². The molecule has 3 saturated heterocycles. The third-order valence-electron chi connectivity index (χ3n) is 4.27. The smallest absolute Gasteiger partial charge is 0.223 e. The summed E-state index contributed by atoms with van der Waals surface area (Å²) >= 11 is 0. The van der Waals surface area contributed by atoms with Crippen LogP contribution in [0, 0.1) is 6.57 Å². The average molecular weight is 253 g/mol. The monoisotopic (exact) mass is 253 g/mol. The largest absolute Gasteiger partial charge is 0.366 e. The Morgan fingerprint density at radius 2 is 2.33 bits per heavy atom. The summed E-state index contributed by atoms with van der Waals surface area (Å²) in [5, 5.41) is 9.65. The van der Waals surface area contributed by atoms with E-state index in [1.807, 2.05) is 6.92 Å². The number of aliphatic hydroxyl groups is 1. The van der Waals surface area contributed by atoms with Crippen molar-refractivity contribution in [3.63, 3.8) is 0 Å². The molecule has 0 aromatic heterocycles. The molecule has 0 aromatic rings. The molecule has 0 saturated carbocycles. The van der Waals surface area contributed by atoms with Crippen LogP contribution in [-0.4, -0.2) is 48.0 Å². The molecule has 3 heterocycles. The maximum Gasteiger partial charge on any atom is 0.223 e. The van der Waals surface area contributed by atoms with E-state index >= 15 is 0 Å². The van der Waals surface area contributed by atoms with Gasteiger partial charge in [0, 0.05) is 19.8 Å². The van der Waals surface area contributed by atoms with Gasteiger partial charge in [0.15, 0.2) is 6.29 Å². The predicted octanol–water partition coefficient (Wildman–Crippen LogP) is 1.11. The van der Waals surface area contributed by atoms with Gasteiger partial charge in [-0.3, -0.25) is 0 Å². The van der Waals surface area contributed by atoms with Gasteiger partial charge in [-0.05, 0) is 12.8 Å². The Morgan fingerprint density at radius 3 is 3.11 bits per heavy atom. The predicted molar refractivity (Wildman–Crippen MR) is 62.8 cm³/mol. The highest BCUT2D eigenvalue weighted by molar-refractivity contribution is 5.04. The minimum absolute atomic E-state index is 0.00355. The van der Waals surface area contributed by atoms with Crippen molar-refractivity contribution in [3.05, 3.63) is 11.4 Å². The van der Waals surface area contributed by atoms with Crippen LogP contribution in [0.25, 0.3) is 4.85 Å². The average Bonchev–Trinajstić information content (AvgIpc) is 2.68. The van der Waals surface area contributed by atoms with Gasteiger partial charge < -0.3 is 24.2 Å². The lowest BCUT2D eigenvalue weighted by Gasteiger charge is -2.42. The Balaban J connectivity index is 1.69. The van der Waals surface area contributed by atoms with Gasteiger partial charge in [-0.1, -0.05) is 0 Å². The number of fused-ring (bicyclic) bond motifs is 1. The van der Waals surface area contributed by atoms with Crippen LogP contribution in [0.15, 0.2) is 0 Å². The fourth-order valence-corrected chi connectivity index (χ4v) is 3.33. The topological polar surface area (TPSA) is 52.3 Å². The molecule has 6 atom stereocenters. The van der Waals surface area contributed by atoms with Crippen molar-refractivity contribution < 1.29 is 19.3 Å². The molecule has 1 N–H and O–H groups in total. The molecule has 0 radical (unpaired) electrons. The zero-order chi connectivity index (χ0) is 12.8. The summed E-state index contributed by atoms with van der Waals surface area (Å²) in [5.74, 6) is 0. The molecule has 3 fully saturated rings. The van der Waals surface area contributed by atoms with E-state index in [-0.39, 0.29) is 30.0 Å². The number of hydrogen-bond donors (Lipinski definition) is 1. The Morgan fingerprint density at radius 1 is 1.50 bits per heavy atom. The van der Waals surface area contributed by atoms with Gasteiger partial charge in [0.2, 0.25) is 6.04 Å². The zero-order valence-electron chi connectivity index (χ0n) is 10.5. The minimum Gasteiger partial charge on any atom is -0.366 e. The van der Waals surface area contributed by atoms with Crippen LogP contribution in [0.3, 0.4) is 0 Å². The highest BCUT2D eigenvalue weighted by Crippen LogP contribution is 2.46. The minimum atomic E-state index is -0.814.